The van der Waals surface area contributed by atoms with Gasteiger partial charge in [0.2, 0.25) is 0 Å². The van der Waals surface area contributed by atoms with Crippen LogP contribution in [0.2, 0.25) is 0 Å². The highest BCUT2D eigenvalue weighted by molar-refractivity contribution is 7.12. The molecule has 0 aromatic carbocycles. The summed E-state index contributed by atoms with van der Waals surface area (Å²) in [7, 11) is 0. The molecule has 2 aromatic rings. The van der Waals surface area contributed by atoms with E-state index >= 15 is 0 Å². The molecule has 0 radical (unpaired) electrons. The Bertz CT molecular complexity index is 808. The fourth-order valence-electron chi connectivity index (χ4n) is 4.20. The van der Waals surface area contributed by atoms with Gasteiger partial charge in [0.15, 0.2) is 0 Å². The van der Waals surface area contributed by atoms with Crippen LogP contribution in [0, 0.1) is 0 Å². The van der Waals surface area contributed by atoms with Crippen LogP contribution in [0.25, 0.3) is 0 Å². The Balaban J connectivity index is 1.16. The average Bonchev–Trinajstić information content (AvgIpc) is 3.51. The lowest BCUT2D eigenvalue weighted by atomic mass is 10.1. The SMILES string of the molecule is C[C@@H](CCN1CCN(C(=O)c2cccs2)CC1)N1CCN(C(=O)c2cccs2)CC1. The van der Waals surface area contributed by atoms with Gasteiger partial charge in [-0.05, 0) is 42.8 Å². The van der Waals surface area contributed by atoms with Crippen molar-refractivity contribution in [2.45, 2.75) is 19.4 Å². The molecule has 0 saturated carbocycles. The summed E-state index contributed by atoms with van der Waals surface area (Å²) in [6.07, 6.45) is 1.12. The molecule has 2 aromatic heterocycles. The third kappa shape index (κ3) is 5.11. The number of hydrogen-bond acceptors (Lipinski definition) is 6. The maximum Gasteiger partial charge on any atom is 0.264 e. The van der Waals surface area contributed by atoms with E-state index in [1.165, 1.54) is 22.7 Å². The molecule has 0 bridgehead atoms. The van der Waals surface area contributed by atoms with E-state index in [1.54, 1.807) is 0 Å². The second-order valence-electron chi connectivity index (χ2n) is 8.05. The van der Waals surface area contributed by atoms with Gasteiger partial charge in [-0.3, -0.25) is 19.4 Å². The molecule has 162 valence electrons. The van der Waals surface area contributed by atoms with Crippen LogP contribution in [0.1, 0.15) is 32.7 Å². The zero-order valence-electron chi connectivity index (χ0n) is 17.5. The average molecular weight is 447 g/mol. The van der Waals surface area contributed by atoms with E-state index < -0.39 is 0 Å². The van der Waals surface area contributed by atoms with Gasteiger partial charge >= 0.3 is 0 Å². The smallest absolute Gasteiger partial charge is 0.264 e. The zero-order chi connectivity index (χ0) is 20.9. The van der Waals surface area contributed by atoms with Crippen LogP contribution in [-0.4, -0.2) is 96.4 Å². The molecule has 1 atom stereocenters. The molecule has 0 unspecified atom stereocenters. The largest absolute Gasteiger partial charge is 0.335 e. The molecule has 2 saturated heterocycles. The molecule has 2 aliphatic rings. The summed E-state index contributed by atoms with van der Waals surface area (Å²) < 4.78 is 0. The molecule has 0 N–H and O–H groups in total. The summed E-state index contributed by atoms with van der Waals surface area (Å²) in [6, 6.07) is 8.21. The maximum atomic E-state index is 12.5. The van der Waals surface area contributed by atoms with Gasteiger partial charge in [0.1, 0.15) is 0 Å². The van der Waals surface area contributed by atoms with Gasteiger partial charge in [-0.1, -0.05) is 12.1 Å². The summed E-state index contributed by atoms with van der Waals surface area (Å²) in [5, 5.41) is 3.92. The monoisotopic (exact) mass is 446 g/mol. The van der Waals surface area contributed by atoms with Gasteiger partial charge < -0.3 is 9.80 Å². The second kappa shape index (κ2) is 10.0. The van der Waals surface area contributed by atoms with Crippen LogP contribution in [0.4, 0.5) is 0 Å². The minimum Gasteiger partial charge on any atom is -0.335 e. The topological polar surface area (TPSA) is 47.1 Å². The Morgan fingerprint density at radius 1 is 0.833 bits per heavy atom. The van der Waals surface area contributed by atoms with Gasteiger partial charge in [0, 0.05) is 58.4 Å². The van der Waals surface area contributed by atoms with E-state index in [4.69, 9.17) is 0 Å². The van der Waals surface area contributed by atoms with Crippen molar-refractivity contribution in [3.63, 3.8) is 0 Å². The highest BCUT2D eigenvalue weighted by Gasteiger charge is 2.26. The number of nitrogens with zero attached hydrogens (tertiary/aromatic N) is 4. The molecule has 4 heterocycles. The lowest BCUT2D eigenvalue weighted by molar-refractivity contribution is 0.0541. The van der Waals surface area contributed by atoms with E-state index in [0.717, 1.165) is 75.1 Å². The van der Waals surface area contributed by atoms with E-state index in [2.05, 4.69) is 16.7 Å². The van der Waals surface area contributed by atoms with E-state index in [9.17, 15) is 9.59 Å². The van der Waals surface area contributed by atoms with Crippen LogP contribution in [0.5, 0.6) is 0 Å². The Labute approximate surface area is 186 Å². The van der Waals surface area contributed by atoms with Gasteiger partial charge in [0.05, 0.1) is 9.75 Å². The third-order valence-electron chi connectivity index (χ3n) is 6.21. The summed E-state index contributed by atoms with van der Waals surface area (Å²) in [5.41, 5.74) is 0. The summed E-state index contributed by atoms with van der Waals surface area (Å²) in [6.45, 7) is 10.4. The lowest BCUT2D eigenvalue weighted by Gasteiger charge is -2.39. The first kappa shape index (κ1) is 21.5. The molecule has 2 amide bonds. The Morgan fingerprint density at radius 2 is 1.33 bits per heavy atom. The number of carbonyl (C=O) groups excluding carboxylic acids is 2. The number of amides is 2. The first-order chi connectivity index (χ1) is 14.6. The van der Waals surface area contributed by atoms with Crippen LogP contribution in [0.15, 0.2) is 35.0 Å². The lowest BCUT2D eigenvalue weighted by Crippen LogP contribution is -2.52. The third-order valence-corrected chi connectivity index (χ3v) is 7.93. The molecule has 30 heavy (non-hydrogen) atoms. The molecule has 6 nitrogen and oxygen atoms in total. The minimum atomic E-state index is 0.173. The van der Waals surface area contributed by atoms with Crippen molar-refractivity contribution in [2.75, 3.05) is 58.9 Å². The number of piperazine rings is 2. The number of hydrogen-bond donors (Lipinski definition) is 0. The molecule has 0 spiro atoms. The minimum absolute atomic E-state index is 0.173. The highest BCUT2D eigenvalue weighted by Crippen LogP contribution is 2.17. The Morgan fingerprint density at radius 3 is 1.80 bits per heavy atom. The van der Waals surface area contributed by atoms with E-state index in [-0.39, 0.29) is 11.8 Å². The van der Waals surface area contributed by atoms with Crippen molar-refractivity contribution in [2.24, 2.45) is 0 Å². The van der Waals surface area contributed by atoms with Crippen molar-refractivity contribution in [1.82, 2.24) is 19.6 Å². The summed E-state index contributed by atoms with van der Waals surface area (Å²) >= 11 is 3.04. The van der Waals surface area contributed by atoms with Crippen LogP contribution in [-0.2, 0) is 0 Å². The van der Waals surface area contributed by atoms with Crippen LogP contribution < -0.4 is 0 Å². The van der Waals surface area contributed by atoms with Gasteiger partial charge in [-0.2, -0.15) is 0 Å². The predicted octanol–water partition coefficient (Wildman–Crippen LogP) is 2.80. The van der Waals surface area contributed by atoms with Gasteiger partial charge in [0.25, 0.3) is 11.8 Å². The zero-order valence-corrected chi connectivity index (χ0v) is 19.2. The fraction of sp³-hybridized carbons (Fsp3) is 0.545. The van der Waals surface area contributed by atoms with E-state index in [1.807, 2.05) is 44.8 Å². The predicted molar refractivity (Wildman–Crippen MR) is 123 cm³/mol. The first-order valence-electron chi connectivity index (χ1n) is 10.7. The fourth-order valence-corrected chi connectivity index (χ4v) is 5.59. The standard InChI is InChI=1S/C22H30N4O2S2/c1-18(24-12-14-26(15-13-24)22(28)20-5-3-17-30-20)6-7-23-8-10-25(11-9-23)21(27)19-4-2-16-29-19/h2-5,16-18H,6-15H2,1H3/t18-/m0/s1. The second-order valence-corrected chi connectivity index (χ2v) is 9.95. The van der Waals surface area contributed by atoms with E-state index in [0.29, 0.717) is 6.04 Å². The van der Waals surface area contributed by atoms with Gasteiger partial charge in [-0.15, -0.1) is 22.7 Å². The Hall–Kier alpha value is -1.74. The molecule has 0 aliphatic carbocycles. The molecule has 8 heteroatoms. The molecular weight excluding hydrogens is 416 g/mol. The van der Waals surface area contributed by atoms with Crippen LogP contribution >= 0.6 is 22.7 Å². The first-order valence-corrected chi connectivity index (χ1v) is 12.5. The number of carbonyl (C=O) groups is 2. The maximum absolute atomic E-state index is 12.5. The molecule has 2 aliphatic heterocycles. The van der Waals surface area contributed by atoms with Gasteiger partial charge in [-0.25, -0.2) is 0 Å². The number of rotatable bonds is 6. The quantitative estimate of drug-likeness (QED) is 0.685. The summed E-state index contributed by atoms with van der Waals surface area (Å²) in [5.74, 6) is 0.347. The normalized spacial score (nSPS) is 19.8. The molecular formula is C22H30N4O2S2. The van der Waals surface area contributed by atoms with Crippen molar-refractivity contribution in [3.8, 4) is 0 Å². The molecule has 4 rings (SSSR count). The van der Waals surface area contributed by atoms with Crippen molar-refractivity contribution in [1.29, 1.82) is 0 Å². The van der Waals surface area contributed by atoms with Crippen LogP contribution in [0.3, 0.4) is 0 Å². The highest BCUT2D eigenvalue weighted by atomic mass is 32.1. The van der Waals surface area contributed by atoms with Crippen molar-refractivity contribution in [3.05, 3.63) is 44.8 Å². The van der Waals surface area contributed by atoms with Crippen molar-refractivity contribution >= 4 is 34.5 Å². The molecule has 2 fully saturated rings. The Kier molecular flexibility index (Phi) is 7.20. The summed E-state index contributed by atoms with van der Waals surface area (Å²) in [4.78, 5) is 35.6. The van der Waals surface area contributed by atoms with Crippen molar-refractivity contribution < 1.29 is 9.59 Å². The number of thiophene rings is 2.